The molecule has 0 spiro atoms. The average molecular weight is 253 g/mol. The molecule has 0 aliphatic carbocycles. The lowest BCUT2D eigenvalue weighted by atomic mass is 10.0. The minimum Gasteiger partial charge on any atom is -0.339 e. The molecule has 0 aliphatic rings. The van der Waals surface area contributed by atoms with Crippen LogP contribution in [0.2, 0.25) is 0 Å². The molecule has 0 saturated carbocycles. The zero-order chi connectivity index (χ0) is 13.4. The quantitative estimate of drug-likeness (QED) is 0.735. The van der Waals surface area contributed by atoms with Crippen LogP contribution in [0.25, 0.3) is 0 Å². The van der Waals surface area contributed by atoms with Gasteiger partial charge in [0.1, 0.15) is 0 Å². The van der Waals surface area contributed by atoms with Crippen LogP contribution >= 0.6 is 0 Å². The standard InChI is InChI=1S/C14H27N3O/c1-5-7-8-13-16-14(18-17-13)10-12(11(3)4)15-9-6-2/h11-12,15H,5-10H2,1-4H3. The van der Waals surface area contributed by atoms with Crippen molar-refractivity contribution in [3.8, 4) is 0 Å². The van der Waals surface area contributed by atoms with Crippen molar-refractivity contribution in [2.75, 3.05) is 6.54 Å². The molecule has 0 bridgehead atoms. The number of unbranched alkanes of at least 4 members (excludes halogenated alkanes) is 1. The molecular weight excluding hydrogens is 226 g/mol. The molecule has 4 nitrogen and oxygen atoms in total. The van der Waals surface area contributed by atoms with Crippen LogP contribution in [0.15, 0.2) is 4.52 Å². The van der Waals surface area contributed by atoms with Gasteiger partial charge >= 0.3 is 0 Å². The summed E-state index contributed by atoms with van der Waals surface area (Å²) in [7, 11) is 0. The fourth-order valence-electron chi connectivity index (χ4n) is 1.87. The zero-order valence-electron chi connectivity index (χ0n) is 12.2. The minimum atomic E-state index is 0.421. The highest BCUT2D eigenvalue weighted by atomic mass is 16.5. The molecule has 1 aromatic rings. The molecule has 18 heavy (non-hydrogen) atoms. The van der Waals surface area contributed by atoms with Gasteiger partial charge in [0.25, 0.3) is 0 Å². The van der Waals surface area contributed by atoms with E-state index in [-0.39, 0.29) is 0 Å². The Bertz CT molecular complexity index is 323. The van der Waals surface area contributed by atoms with Gasteiger partial charge in [-0.2, -0.15) is 4.98 Å². The molecular formula is C14H27N3O. The molecule has 1 aromatic heterocycles. The third-order valence-electron chi connectivity index (χ3n) is 3.12. The van der Waals surface area contributed by atoms with E-state index in [1.165, 1.54) is 0 Å². The third kappa shape index (κ3) is 5.17. The predicted octanol–water partition coefficient (Wildman–Crippen LogP) is 2.98. The number of nitrogens with zero attached hydrogens (tertiary/aromatic N) is 2. The van der Waals surface area contributed by atoms with Gasteiger partial charge in [-0.05, 0) is 25.3 Å². The molecule has 0 aromatic carbocycles. The molecule has 1 unspecified atom stereocenters. The lowest BCUT2D eigenvalue weighted by molar-refractivity contribution is 0.324. The van der Waals surface area contributed by atoms with E-state index in [0.717, 1.165) is 50.4 Å². The van der Waals surface area contributed by atoms with E-state index in [9.17, 15) is 0 Å². The van der Waals surface area contributed by atoms with Gasteiger partial charge in [-0.15, -0.1) is 0 Å². The Morgan fingerprint density at radius 2 is 2.00 bits per heavy atom. The number of aromatic nitrogens is 2. The number of hydrogen-bond donors (Lipinski definition) is 1. The molecule has 1 N–H and O–H groups in total. The van der Waals surface area contributed by atoms with Crippen LogP contribution in [0, 0.1) is 5.92 Å². The summed E-state index contributed by atoms with van der Waals surface area (Å²) in [6, 6.07) is 0.421. The number of aryl methyl sites for hydroxylation is 1. The third-order valence-corrected chi connectivity index (χ3v) is 3.12. The van der Waals surface area contributed by atoms with Crippen molar-refractivity contribution in [2.24, 2.45) is 5.92 Å². The lowest BCUT2D eigenvalue weighted by Crippen LogP contribution is -2.36. The predicted molar refractivity (Wildman–Crippen MR) is 73.5 cm³/mol. The van der Waals surface area contributed by atoms with Gasteiger partial charge < -0.3 is 9.84 Å². The van der Waals surface area contributed by atoms with Crippen LogP contribution in [-0.2, 0) is 12.8 Å². The Hall–Kier alpha value is -0.900. The van der Waals surface area contributed by atoms with Crippen molar-refractivity contribution < 1.29 is 4.52 Å². The van der Waals surface area contributed by atoms with E-state index in [4.69, 9.17) is 4.52 Å². The Kier molecular flexibility index (Phi) is 6.94. The van der Waals surface area contributed by atoms with Crippen LogP contribution < -0.4 is 5.32 Å². The minimum absolute atomic E-state index is 0.421. The number of rotatable bonds is 9. The van der Waals surface area contributed by atoms with Gasteiger partial charge in [0.2, 0.25) is 5.89 Å². The fourth-order valence-corrected chi connectivity index (χ4v) is 1.87. The average Bonchev–Trinajstić information content (AvgIpc) is 2.79. The van der Waals surface area contributed by atoms with Crippen LogP contribution in [0.3, 0.4) is 0 Å². The van der Waals surface area contributed by atoms with Crippen molar-refractivity contribution >= 4 is 0 Å². The van der Waals surface area contributed by atoms with Crippen molar-refractivity contribution in [1.82, 2.24) is 15.5 Å². The van der Waals surface area contributed by atoms with Crippen LogP contribution in [-0.4, -0.2) is 22.7 Å². The van der Waals surface area contributed by atoms with Crippen molar-refractivity contribution in [1.29, 1.82) is 0 Å². The summed E-state index contributed by atoms with van der Waals surface area (Å²) in [6.07, 6.45) is 5.19. The number of hydrogen-bond acceptors (Lipinski definition) is 4. The number of nitrogens with one attached hydrogen (secondary N) is 1. The zero-order valence-corrected chi connectivity index (χ0v) is 12.2. The SMILES string of the molecule is CCCCc1noc(CC(NCCC)C(C)C)n1. The molecule has 0 amide bonds. The van der Waals surface area contributed by atoms with Crippen molar-refractivity contribution in [3.63, 3.8) is 0 Å². The van der Waals surface area contributed by atoms with E-state index in [0.29, 0.717) is 12.0 Å². The molecule has 1 heterocycles. The second-order valence-corrected chi connectivity index (χ2v) is 5.22. The van der Waals surface area contributed by atoms with Crippen molar-refractivity contribution in [2.45, 2.75) is 65.8 Å². The van der Waals surface area contributed by atoms with Gasteiger partial charge in [0.15, 0.2) is 5.82 Å². The van der Waals surface area contributed by atoms with E-state index in [1.807, 2.05) is 0 Å². The molecule has 0 radical (unpaired) electrons. The summed E-state index contributed by atoms with van der Waals surface area (Å²) in [4.78, 5) is 4.46. The topological polar surface area (TPSA) is 51.0 Å². The first-order chi connectivity index (χ1) is 8.67. The van der Waals surface area contributed by atoms with Crippen LogP contribution in [0.5, 0.6) is 0 Å². The summed E-state index contributed by atoms with van der Waals surface area (Å²) in [5, 5.41) is 7.57. The first-order valence-electron chi connectivity index (χ1n) is 7.22. The Labute approximate surface area is 111 Å². The normalized spacial score (nSPS) is 13.2. The monoisotopic (exact) mass is 253 g/mol. The van der Waals surface area contributed by atoms with Crippen molar-refractivity contribution in [3.05, 3.63) is 11.7 Å². The van der Waals surface area contributed by atoms with Crippen LogP contribution in [0.1, 0.15) is 58.7 Å². The largest absolute Gasteiger partial charge is 0.339 e. The first-order valence-corrected chi connectivity index (χ1v) is 7.22. The molecule has 0 saturated heterocycles. The van der Waals surface area contributed by atoms with Gasteiger partial charge in [0, 0.05) is 18.9 Å². The summed E-state index contributed by atoms with van der Waals surface area (Å²) in [5.41, 5.74) is 0. The fraction of sp³-hybridized carbons (Fsp3) is 0.857. The van der Waals surface area contributed by atoms with E-state index in [1.54, 1.807) is 0 Å². The van der Waals surface area contributed by atoms with Gasteiger partial charge in [-0.25, -0.2) is 0 Å². The van der Waals surface area contributed by atoms with E-state index < -0.39 is 0 Å². The highest BCUT2D eigenvalue weighted by Gasteiger charge is 2.17. The Balaban J connectivity index is 2.49. The maximum Gasteiger partial charge on any atom is 0.228 e. The highest BCUT2D eigenvalue weighted by Crippen LogP contribution is 2.10. The maximum absolute atomic E-state index is 5.32. The molecule has 1 rings (SSSR count). The second-order valence-electron chi connectivity index (χ2n) is 5.22. The Morgan fingerprint density at radius 1 is 1.22 bits per heavy atom. The second kappa shape index (κ2) is 8.25. The maximum atomic E-state index is 5.32. The molecule has 0 aliphatic heterocycles. The van der Waals surface area contributed by atoms with E-state index in [2.05, 4.69) is 43.2 Å². The van der Waals surface area contributed by atoms with Crippen LogP contribution in [0.4, 0.5) is 0 Å². The molecule has 0 fully saturated rings. The lowest BCUT2D eigenvalue weighted by Gasteiger charge is -2.20. The summed E-state index contributed by atoms with van der Waals surface area (Å²) < 4.78 is 5.32. The summed E-state index contributed by atoms with van der Waals surface area (Å²) >= 11 is 0. The summed E-state index contributed by atoms with van der Waals surface area (Å²) in [6.45, 7) is 9.84. The molecule has 4 heteroatoms. The first kappa shape index (κ1) is 15.2. The highest BCUT2D eigenvalue weighted by molar-refractivity contribution is 4.90. The van der Waals surface area contributed by atoms with E-state index >= 15 is 0 Å². The smallest absolute Gasteiger partial charge is 0.228 e. The van der Waals surface area contributed by atoms with Gasteiger partial charge in [-0.3, -0.25) is 0 Å². The summed E-state index contributed by atoms with van der Waals surface area (Å²) in [5.74, 6) is 2.19. The van der Waals surface area contributed by atoms with Gasteiger partial charge in [0.05, 0.1) is 0 Å². The molecule has 104 valence electrons. The van der Waals surface area contributed by atoms with Gasteiger partial charge in [-0.1, -0.05) is 39.3 Å². The molecule has 1 atom stereocenters. The Morgan fingerprint density at radius 3 is 2.61 bits per heavy atom.